The Morgan fingerprint density at radius 2 is 1.84 bits per heavy atom. The van der Waals surface area contributed by atoms with Crippen molar-refractivity contribution in [1.82, 2.24) is 20.2 Å². The van der Waals surface area contributed by atoms with Crippen molar-refractivity contribution in [2.24, 2.45) is 0 Å². The van der Waals surface area contributed by atoms with E-state index in [1.54, 1.807) is 12.4 Å². The van der Waals surface area contributed by atoms with Gasteiger partial charge < -0.3 is 25.0 Å². The fraction of sp³-hybridized carbons (Fsp3) is 0.522. The first-order valence-corrected chi connectivity index (χ1v) is 11.3. The molecule has 1 aliphatic heterocycles. The maximum absolute atomic E-state index is 12.2. The molecule has 2 heterocycles. The van der Waals surface area contributed by atoms with Gasteiger partial charge in [0.1, 0.15) is 0 Å². The Kier molecular flexibility index (Phi) is 10.2. The minimum atomic E-state index is -0.189. The van der Waals surface area contributed by atoms with E-state index in [9.17, 15) is 4.79 Å². The van der Waals surface area contributed by atoms with Gasteiger partial charge in [0.05, 0.1) is 19.8 Å². The second-order valence-corrected chi connectivity index (χ2v) is 7.56. The zero-order valence-corrected chi connectivity index (χ0v) is 18.8. The van der Waals surface area contributed by atoms with Gasteiger partial charge in [-0.25, -0.2) is 14.8 Å². The van der Waals surface area contributed by atoms with Gasteiger partial charge in [-0.2, -0.15) is 0 Å². The normalized spacial score (nSPS) is 14.3. The number of rotatable bonds is 12. The summed E-state index contributed by atoms with van der Waals surface area (Å²) in [6.07, 6.45) is 4.46. The van der Waals surface area contributed by atoms with E-state index in [-0.39, 0.29) is 6.03 Å². The molecule has 0 aliphatic carbocycles. The third-order valence-corrected chi connectivity index (χ3v) is 5.17. The maximum Gasteiger partial charge on any atom is 0.319 e. The van der Waals surface area contributed by atoms with Gasteiger partial charge in [-0.05, 0) is 43.7 Å². The van der Waals surface area contributed by atoms with Gasteiger partial charge in [-0.15, -0.1) is 0 Å². The van der Waals surface area contributed by atoms with Crippen LogP contribution in [0.4, 0.5) is 16.4 Å². The Balaban J connectivity index is 1.27. The molecule has 1 aromatic carbocycles. The minimum absolute atomic E-state index is 0.189. The molecular weight excluding hydrogens is 408 g/mol. The van der Waals surface area contributed by atoms with Gasteiger partial charge in [0.25, 0.3) is 0 Å². The zero-order chi connectivity index (χ0) is 22.4. The topological polar surface area (TPSA) is 91.9 Å². The SMILES string of the molecule is CCOCCOCc1cccc(NC(=O)NCCCN2CCN(c3ncccn3)CC2)c1. The lowest BCUT2D eigenvalue weighted by Crippen LogP contribution is -2.47. The molecule has 3 rings (SSSR count). The van der Waals surface area contributed by atoms with Crippen molar-refractivity contribution in [3.05, 3.63) is 48.3 Å². The van der Waals surface area contributed by atoms with E-state index < -0.39 is 0 Å². The molecule has 1 aliphatic rings. The summed E-state index contributed by atoms with van der Waals surface area (Å²) < 4.78 is 10.8. The van der Waals surface area contributed by atoms with Crippen molar-refractivity contribution in [2.45, 2.75) is 20.0 Å². The summed E-state index contributed by atoms with van der Waals surface area (Å²) in [4.78, 5) is 25.5. The van der Waals surface area contributed by atoms with Crippen molar-refractivity contribution in [1.29, 1.82) is 0 Å². The van der Waals surface area contributed by atoms with Crippen LogP contribution in [0.25, 0.3) is 0 Å². The Bertz CT molecular complexity index is 799. The minimum Gasteiger partial charge on any atom is -0.379 e. The number of nitrogens with zero attached hydrogens (tertiary/aromatic N) is 4. The van der Waals surface area contributed by atoms with Crippen LogP contribution in [-0.4, -0.2) is 80.0 Å². The van der Waals surface area contributed by atoms with Crippen molar-refractivity contribution in [2.75, 3.05) is 69.3 Å². The molecule has 0 atom stereocenters. The molecule has 2 amide bonds. The number of aromatic nitrogens is 2. The van der Waals surface area contributed by atoms with Crippen LogP contribution >= 0.6 is 0 Å². The fourth-order valence-corrected chi connectivity index (χ4v) is 3.50. The van der Waals surface area contributed by atoms with Crippen LogP contribution in [0.2, 0.25) is 0 Å². The van der Waals surface area contributed by atoms with Crippen molar-refractivity contribution < 1.29 is 14.3 Å². The van der Waals surface area contributed by atoms with Crippen LogP contribution in [0.3, 0.4) is 0 Å². The number of hydrogen-bond donors (Lipinski definition) is 2. The Labute approximate surface area is 190 Å². The number of hydrogen-bond acceptors (Lipinski definition) is 7. The van der Waals surface area contributed by atoms with E-state index in [4.69, 9.17) is 9.47 Å². The molecule has 0 bridgehead atoms. The average molecular weight is 443 g/mol. The van der Waals surface area contributed by atoms with Gasteiger partial charge in [0.2, 0.25) is 5.95 Å². The van der Waals surface area contributed by atoms with Crippen LogP contribution in [0, 0.1) is 0 Å². The van der Waals surface area contributed by atoms with Crippen molar-refractivity contribution in [3.63, 3.8) is 0 Å². The average Bonchev–Trinajstić information content (AvgIpc) is 2.83. The second kappa shape index (κ2) is 13.6. The lowest BCUT2D eigenvalue weighted by atomic mass is 10.2. The van der Waals surface area contributed by atoms with Crippen molar-refractivity contribution >= 4 is 17.7 Å². The third-order valence-electron chi connectivity index (χ3n) is 5.17. The molecule has 9 heteroatoms. The van der Waals surface area contributed by atoms with Gasteiger partial charge in [0, 0.05) is 57.4 Å². The Morgan fingerprint density at radius 1 is 1.06 bits per heavy atom. The Hall–Kier alpha value is -2.75. The van der Waals surface area contributed by atoms with Crippen molar-refractivity contribution in [3.8, 4) is 0 Å². The number of benzene rings is 1. The van der Waals surface area contributed by atoms with Crippen LogP contribution in [0.5, 0.6) is 0 Å². The predicted molar refractivity (Wildman–Crippen MR) is 125 cm³/mol. The summed E-state index contributed by atoms with van der Waals surface area (Å²) in [5.74, 6) is 0.798. The number of urea groups is 1. The van der Waals surface area contributed by atoms with Gasteiger partial charge >= 0.3 is 6.03 Å². The number of piperazine rings is 1. The van der Waals surface area contributed by atoms with Crippen LogP contribution < -0.4 is 15.5 Å². The van der Waals surface area contributed by atoms with Gasteiger partial charge in [-0.3, -0.25) is 4.90 Å². The summed E-state index contributed by atoms with van der Waals surface area (Å²) in [7, 11) is 0. The summed E-state index contributed by atoms with van der Waals surface area (Å²) in [5.41, 5.74) is 1.77. The van der Waals surface area contributed by atoms with Gasteiger partial charge in [0.15, 0.2) is 0 Å². The molecule has 9 nitrogen and oxygen atoms in total. The highest BCUT2D eigenvalue weighted by Crippen LogP contribution is 2.12. The van der Waals surface area contributed by atoms with E-state index in [1.807, 2.05) is 37.3 Å². The molecule has 0 spiro atoms. The monoisotopic (exact) mass is 442 g/mol. The molecule has 0 radical (unpaired) electrons. The molecule has 2 aromatic rings. The molecule has 0 unspecified atom stereocenters. The Morgan fingerprint density at radius 3 is 2.62 bits per heavy atom. The first kappa shape index (κ1) is 23.9. The highest BCUT2D eigenvalue weighted by atomic mass is 16.5. The number of nitrogens with one attached hydrogen (secondary N) is 2. The zero-order valence-electron chi connectivity index (χ0n) is 18.8. The lowest BCUT2D eigenvalue weighted by molar-refractivity contribution is 0.0453. The highest BCUT2D eigenvalue weighted by Gasteiger charge is 2.18. The summed E-state index contributed by atoms with van der Waals surface area (Å²) in [5, 5.41) is 5.83. The standard InChI is InChI=1S/C23H34N6O3/c1-2-31-16-17-32-19-20-6-3-7-21(18-20)27-23(30)26-10-5-11-28-12-14-29(15-13-28)22-24-8-4-9-25-22/h3-4,6-9,18H,2,5,10-17,19H2,1H3,(H2,26,27,30). The van der Waals surface area contributed by atoms with Gasteiger partial charge in [-0.1, -0.05) is 12.1 Å². The first-order valence-electron chi connectivity index (χ1n) is 11.3. The lowest BCUT2D eigenvalue weighted by Gasteiger charge is -2.34. The predicted octanol–water partition coefficient (Wildman–Crippen LogP) is 2.36. The maximum atomic E-state index is 12.2. The van der Waals surface area contributed by atoms with E-state index in [2.05, 4.69) is 30.4 Å². The molecular formula is C23H34N6O3. The van der Waals surface area contributed by atoms with Crippen LogP contribution in [0.15, 0.2) is 42.7 Å². The number of ether oxygens (including phenoxy) is 2. The first-order chi connectivity index (χ1) is 15.7. The molecule has 32 heavy (non-hydrogen) atoms. The molecule has 174 valence electrons. The molecule has 2 N–H and O–H groups in total. The summed E-state index contributed by atoms with van der Waals surface area (Å²) >= 11 is 0. The summed E-state index contributed by atoms with van der Waals surface area (Å²) in [6, 6.07) is 9.34. The molecule has 1 aromatic heterocycles. The number of anilines is 2. The van der Waals surface area contributed by atoms with Crippen LogP contribution in [-0.2, 0) is 16.1 Å². The fourth-order valence-electron chi connectivity index (χ4n) is 3.50. The van der Waals surface area contributed by atoms with E-state index in [0.29, 0.717) is 33.0 Å². The van der Waals surface area contributed by atoms with E-state index in [1.165, 1.54) is 0 Å². The smallest absolute Gasteiger partial charge is 0.319 e. The van der Waals surface area contributed by atoms with E-state index >= 15 is 0 Å². The number of carbonyl (C=O) groups is 1. The largest absolute Gasteiger partial charge is 0.379 e. The second-order valence-electron chi connectivity index (χ2n) is 7.56. The summed E-state index contributed by atoms with van der Waals surface area (Å²) in [6.45, 7) is 9.68. The highest BCUT2D eigenvalue weighted by molar-refractivity contribution is 5.89. The number of carbonyl (C=O) groups excluding carboxylic acids is 1. The van der Waals surface area contributed by atoms with Crippen LogP contribution in [0.1, 0.15) is 18.9 Å². The van der Waals surface area contributed by atoms with E-state index in [0.717, 1.165) is 56.3 Å². The molecule has 1 fully saturated rings. The quantitative estimate of drug-likeness (QED) is 0.488. The number of amides is 2. The molecule has 1 saturated heterocycles. The third kappa shape index (κ3) is 8.41. The molecule has 0 saturated carbocycles.